The van der Waals surface area contributed by atoms with Crippen LogP contribution in [0.2, 0.25) is 0 Å². The number of hydrogen-bond acceptors (Lipinski definition) is 10. The SMILES string of the molecule is CCCCOC1C=C(C)C2C(OC3OC(CO)C(O)C(O)C3O)OC=C(C(=O)OC)C12. The molecule has 10 heteroatoms. The Morgan fingerprint density at radius 1 is 1.13 bits per heavy atom. The van der Waals surface area contributed by atoms with Gasteiger partial charge in [-0.15, -0.1) is 0 Å². The normalized spacial score (nSPS) is 39.9. The first-order valence-corrected chi connectivity index (χ1v) is 10.5. The maximum atomic E-state index is 12.4. The number of carbonyl (C=O) groups excluding carboxylic acids is 1. The number of esters is 1. The molecule has 0 aromatic rings. The van der Waals surface area contributed by atoms with Crippen molar-refractivity contribution in [3.63, 3.8) is 0 Å². The van der Waals surface area contributed by atoms with E-state index >= 15 is 0 Å². The number of hydrogen-bond donors (Lipinski definition) is 4. The van der Waals surface area contributed by atoms with Crippen LogP contribution in [0.1, 0.15) is 26.7 Å². The minimum Gasteiger partial charge on any atom is -0.471 e. The fourth-order valence-electron chi connectivity index (χ4n) is 4.27. The maximum absolute atomic E-state index is 12.4. The molecule has 10 nitrogen and oxygen atoms in total. The summed E-state index contributed by atoms with van der Waals surface area (Å²) in [5, 5.41) is 39.7. The van der Waals surface area contributed by atoms with Gasteiger partial charge in [0.15, 0.2) is 6.29 Å². The van der Waals surface area contributed by atoms with E-state index in [4.69, 9.17) is 23.7 Å². The maximum Gasteiger partial charge on any atom is 0.337 e. The molecule has 3 rings (SSSR count). The van der Waals surface area contributed by atoms with Crippen LogP contribution in [0.5, 0.6) is 0 Å². The molecule has 9 unspecified atom stereocenters. The van der Waals surface area contributed by atoms with Crippen LogP contribution in [0.15, 0.2) is 23.5 Å². The highest BCUT2D eigenvalue weighted by atomic mass is 16.8. The van der Waals surface area contributed by atoms with E-state index in [1.807, 2.05) is 13.0 Å². The van der Waals surface area contributed by atoms with Gasteiger partial charge in [0, 0.05) is 12.5 Å². The van der Waals surface area contributed by atoms with E-state index < -0.39 is 61.4 Å². The van der Waals surface area contributed by atoms with Crippen LogP contribution < -0.4 is 0 Å². The lowest BCUT2D eigenvalue weighted by molar-refractivity contribution is -0.340. The number of unbranched alkanes of at least 4 members (excludes halogenated alkanes) is 1. The van der Waals surface area contributed by atoms with Crippen LogP contribution >= 0.6 is 0 Å². The second-order valence-electron chi connectivity index (χ2n) is 8.05. The smallest absolute Gasteiger partial charge is 0.337 e. The van der Waals surface area contributed by atoms with Crippen LogP contribution in [0.25, 0.3) is 0 Å². The first kappa shape index (κ1) is 24.1. The number of aliphatic hydroxyl groups is 4. The average molecular weight is 444 g/mol. The second-order valence-corrected chi connectivity index (χ2v) is 8.05. The molecular weight excluding hydrogens is 412 g/mol. The number of aliphatic hydroxyl groups excluding tert-OH is 4. The molecule has 0 saturated carbocycles. The van der Waals surface area contributed by atoms with Crippen LogP contribution in [0, 0.1) is 11.8 Å². The Kier molecular flexibility index (Phi) is 8.08. The molecule has 176 valence electrons. The van der Waals surface area contributed by atoms with Crippen molar-refractivity contribution in [2.24, 2.45) is 11.8 Å². The predicted octanol–water partition coefficient (Wildman–Crippen LogP) is -0.406. The van der Waals surface area contributed by atoms with E-state index in [2.05, 4.69) is 6.92 Å². The van der Waals surface area contributed by atoms with E-state index in [-0.39, 0.29) is 6.10 Å². The van der Waals surface area contributed by atoms with Gasteiger partial charge in [-0.25, -0.2) is 4.79 Å². The second kappa shape index (κ2) is 10.4. The zero-order chi connectivity index (χ0) is 22.7. The summed E-state index contributed by atoms with van der Waals surface area (Å²) in [6.07, 6.45) is -3.40. The molecule has 31 heavy (non-hydrogen) atoms. The van der Waals surface area contributed by atoms with Crippen molar-refractivity contribution in [2.45, 2.75) is 69.8 Å². The molecular formula is C21H32O10. The van der Waals surface area contributed by atoms with E-state index in [0.717, 1.165) is 18.4 Å². The predicted molar refractivity (Wildman–Crippen MR) is 105 cm³/mol. The third kappa shape index (κ3) is 4.80. The van der Waals surface area contributed by atoms with Gasteiger partial charge in [0.25, 0.3) is 0 Å². The Morgan fingerprint density at radius 2 is 1.87 bits per heavy atom. The molecule has 1 saturated heterocycles. The van der Waals surface area contributed by atoms with Crippen molar-refractivity contribution >= 4 is 5.97 Å². The largest absolute Gasteiger partial charge is 0.471 e. The van der Waals surface area contributed by atoms with Crippen molar-refractivity contribution in [1.29, 1.82) is 0 Å². The zero-order valence-corrected chi connectivity index (χ0v) is 17.9. The van der Waals surface area contributed by atoms with Crippen molar-refractivity contribution in [2.75, 3.05) is 20.3 Å². The van der Waals surface area contributed by atoms with Crippen molar-refractivity contribution < 1.29 is 48.9 Å². The quantitative estimate of drug-likeness (QED) is 0.222. The Bertz CT molecular complexity index is 690. The fraction of sp³-hybridized carbons (Fsp3) is 0.762. The summed E-state index contributed by atoms with van der Waals surface area (Å²) in [5.74, 6) is -1.39. The van der Waals surface area contributed by atoms with Gasteiger partial charge < -0.3 is 44.1 Å². The molecule has 2 heterocycles. The first-order chi connectivity index (χ1) is 14.8. The zero-order valence-electron chi connectivity index (χ0n) is 17.9. The van der Waals surface area contributed by atoms with Crippen LogP contribution in [0.3, 0.4) is 0 Å². The molecule has 0 aromatic carbocycles. The standard InChI is InChI=1S/C21H32O10/c1-4-5-6-28-12-7-10(2)14-15(12)11(19(26)27-3)9-29-20(14)31-21-18(25)17(24)16(23)13(8-22)30-21/h7,9,12-18,20-25H,4-6,8H2,1-3H3. The van der Waals surface area contributed by atoms with Gasteiger partial charge in [-0.3, -0.25) is 0 Å². The topological polar surface area (TPSA) is 144 Å². The molecule has 9 atom stereocenters. The minimum atomic E-state index is -1.57. The molecule has 2 aliphatic heterocycles. The Balaban J connectivity index is 1.82. The van der Waals surface area contributed by atoms with Gasteiger partial charge >= 0.3 is 5.97 Å². The lowest BCUT2D eigenvalue weighted by Crippen LogP contribution is -2.60. The number of methoxy groups -OCH3 is 1. The van der Waals surface area contributed by atoms with Gasteiger partial charge in [0.2, 0.25) is 6.29 Å². The Hall–Kier alpha value is -1.53. The first-order valence-electron chi connectivity index (χ1n) is 10.5. The third-order valence-electron chi connectivity index (χ3n) is 6.02. The van der Waals surface area contributed by atoms with Crippen molar-refractivity contribution in [3.05, 3.63) is 23.5 Å². The summed E-state index contributed by atoms with van der Waals surface area (Å²) in [4.78, 5) is 12.4. The summed E-state index contributed by atoms with van der Waals surface area (Å²) >= 11 is 0. The molecule has 0 amide bonds. The lowest BCUT2D eigenvalue weighted by atomic mass is 9.82. The molecule has 0 bridgehead atoms. The highest BCUT2D eigenvalue weighted by molar-refractivity contribution is 5.89. The van der Waals surface area contributed by atoms with Crippen LogP contribution in [-0.4, -0.2) is 89.8 Å². The van der Waals surface area contributed by atoms with Gasteiger partial charge in [0.05, 0.1) is 37.6 Å². The number of ether oxygens (including phenoxy) is 5. The average Bonchev–Trinajstić information content (AvgIpc) is 3.10. The number of carbonyl (C=O) groups is 1. The van der Waals surface area contributed by atoms with Crippen molar-refractivity contribution in [3.8, 4) is 0 Å². The molecule has 0 spiro atoms. The lowest BCUT2D eigenvalue weighted by Gasteiger charge is -2.43. The fourth-order valence-corrected chi connectivity index (χ4v) is 4.27. The summed E-state index contributed by atoms with van der Waals surface area (Å²) < 4.78 is 27.9. The molecule has 0 radical (unpaired) electrons. The Labute approximate surface area is 181 Å². The summed E-state index contributed by atoms with van der Waals surface area (Å²) in [5.41, 5.74) is 1.19. The summed E-state index contributed by atoms with van der Waals surface area (Å²) in [7, 11) is 1.29. The molecule has 4 N–H and O–H groups in total. The third-order valence-corrected chi connectivity index (χ3v) is 6.02. The van der Waals surface area contributed by atoms with Gasteiger partial charge in [-0.05, 0) is 13.3 Å². The van der Waals surface area contributed by atoms with Gasteiger partial charge in [-0.2, -0.15) is 0 Å². The van der Waals surface area contributed by atoms with E-state index in [1.165, 1.54) is 13.4 Å². The van der Waals surface area contributed by atoms with Crippen molar-refractivity contribution in [1.82, 2.24) is 0 Å². The van der Waals surface area contributed by atoms with E-state index in [0.29, 0.717) is 12.2 Å². The van der Waals surface area contributed by atoms with Gasteiger partial charge in [-0.1, -0.05) is 25.0 Å². The number of rotatable bonds is 8. The molecule has 0 aromatic heterocycles. The summed E-state index contributed by atoms with van der Waals surface area (Å²) in [6, 6.07) is 0. The Morgan fingerprint density at radius 3 is 2.52 bits per heavy atom. The van der Waals surface area contributed by atoms with E-state index in [1.54, 1.807) is 0 Å². The number of fused-ring (bicyclic) bond motifs is 1. The molecule has 3 aliphatic rings. The highest BCUT2D eigenvalue weighted by Crippen LogP contribution is 2.45. The highest BCUT2D eigenvalue weighted by Gasteiger charge is 2.52. The van der Waals surface area contributed by atoms with Crippen LogP contribution in [0.4, 0.5) is 0 Å². The minimum absolute atomic E-state index is 0.316. The van der Waals surface area contributed by atoms with Gasteiger partial charge in [0.1, 0.15) is 24.4 Å². The van der Waals surface area contributed by atoms with E-state index in [9.17, 15) is 25.2 Å². The molecule has 1 fully saturated rings. The molecule has 1 aliphatic carbocycles. The monoisotopic (exact) mass is 444 g/mol. The van der Waals surface area contributed by atoms with Crippen LogP contribution in [-0.2, 0) is 28.5 Å². The summed E-state index contributed by atoms with van der Waals surface area (Å²) in [6.45, 7) is 3.89.